The number of nitrogens with one attached hydrogen (secondary N) is 1. The third kappa shape index (κ3) is 2.60. The van der Waals surface area contributed by atoms with E-state index in [0.717, 1.165) is 39.4 Å². The Bertz CT molecular complexity index is 323. The highest BCUT2D eigenvalue weighted by Crippen LogP contribution is 2.35. The fraction of sp³-hybridized carbons (Fsp3) is 0.714. The number of hydrogen-bond donors (Lipinski definition) is 1. The van der Waals surface area contributed by atoms with E-state index in [1.807, 2.05) is 6.26 Å². The highest BCUT2D eigenvalue weighted by molar-refractivity contribution is 5.14. The van der Waals surface area contributed by atoms with E-state index in [0.29, 0.717) is 12.0 Å². The molecule has 1 atom stereocenters. The molecule has 2 aliphatic heterocycles. The molecule has 0 aliphatic carbocycles. The Hall–Kier alpha value is -0.840. The third-order valence-corrected chi connectivity index (χ3v) is 4.14. The largest absolute Gasteiger partial charge is 0.472 e. The van der Waals surface area contributed by atoms with Gasteiger partial charge in [0, 0.05) is 51.0 Å². The maximum Gasteiger partial charge on any atom is 0.0950 e. The van der Waals surface area contributed by atoms with Gasteiger partial charge in [-0.05, 0) is 24.8 Å². The summed E-state index contributed by atoms with van der Waals surface area (Å²) in [5, 5.41) is 3.43. The molecule has 0 bridgehead atoms. The Balaban J connectivity index is 1.78. The maximum atomic E-state index is 5.50. The minimum Gasteiger partial charge on any atom is -0.472 e. The van der Waals surface area contributed by atoms with Crippen molar-refractivity contribution in [2.75, 3.05) is 39.4 Å². The lowest BCUT2D eigenvalue weighted by molar-refractivity contribution is 0.0211. The number of furan rings is 1. The molecular formula is C14H22N2O2. The summed E-state index contributed by atoms with van der Waals surface area (Å²) in [6.45, 7) is 6.27. The van der Waals surface area contributed by atoms with Gasteiger partial charge in [-0.2, -0.15) is 0 Å². The van der Waals surface area contributed by atoms with Gasteiger partial charge in [0.05, 0.1) is 12.5 Å². The van der Waals surface area contributed by atoms with E-state index in [1.54, 1.807) is 6.26 Å². The zero-order chi connectivity index (χ0) is 12.2. The molecule has 0 saturated carbocycles. The Kier molecular flexibility index (Phi) is 3.98. The summed E-state index contributed by atoms with van der Waals surface area (Å²) >= 11 is 0. The van der Waals surface area contributed by atoms with E-state index in [9.17, 15) is 0 Å². The minimum atomic E-state index is 0.509. The summed E-state index contributed by atoms with van der Waals surface area (Å²) in [6, 6.07) is 2.64. The fourth-order valence-corrected chi connectivity index (χ4v) is 3.22. The van der Waals surface area contributed by atoms with Crippen LogP contribution in [0.4, 0.5) is 0 Å². The molecule has 1 aromatic heterocycles. The summed E-state index contributed by atoms with van der Waals surface area (Å²) in [6.07, 6.45) is 6.05. The second kappa shape index (κ2) is 5.87. The molecule has 100 valence electrons. The molecule has 1 aromatic rings. The lowest BCUT2D eigenvalue weighted by atomic mass is 9.86. The Morgan fingerprint density at radius 3 is 2.67 bits per heavy atom. The second-order valence-corrected chi connectivity index (χ2v) is 5.24. The average molecular weight is 250 g/mol. The van der Waals surface area contributed by atoms with Crippen molar-refractivity contribution in [1.29, 1.82) is 0 Å². The van der Waals surface area contributed by atoms with Crippen molar-refractivity contribution >= 4 is 0 Å². The molecule has 1 N–H and O–H groups in total. The van der Waals surface area contributed by atoms with Crippen molar-refractivity contribution < 1.29 is 9.15 Å². The smallest absolute Gasteiger partial charge is 0.0950 e. The van der Waals surface area contributed by atoms with Crippen molar-refractivity contribution in [3.63, 3.8) is 0 Å². The van der Waals surface area contributed by atoms with E-state index >= 15 is 0 Å². The first-order chi connectivity index (χ1) is 8.95. The molecule has 3 heterocycles. The molecule has 4 nitrogen and oxygen atoms in total. The van der Waals surface area contributed by atoms with Crippen LogP contribution in [-0.2, 0) is 4.74 Å². The lowest BCUT2D eigenvalue weighted by Crippen LogP contribution is -2.47. The van der Waals surface area contributed by atoms with Crippen LogP contribution < -0.4 is 5.32 Å². The molecular weight excluding hydrogens is 228 g/mol. The van der Waals surface area contributed by atoms with Crippen LogP contribution in [0.3, 0.4) is 0 Å². The van der Waals surface area contributed by atoms with Crippen LogP contribution in [0.5, 0.6) is 0 Å². The van der Waals surface area contributed by atoms with Gasteiger partial charge in [0.15, 0.2) is 0 Å². The molecule has 0 radical (unpaired) electrons. The number of rotatable bonds is 3. The minimum absolute atomic E-state index is 0.509. The van der Waals surface area contributed by atoms with E-state index in [1.165, 1.54) is 18.4 Å². The fourth-order valence-electron chi connectivity index (χ4n) is 3.22. The quantitative estimate of drug-likeness (QED) is 0.885. The van der Waals surface area contributed by atoms with Gasteiger partial charge in [0.25, 0.3) is 0 Å². The van der Waals surface area contributed by atoms with Crippen LogP contribution in [-0.4, -0.2) is 44.3 Å². The Morgan fingerprint density at radius 1 is 1.22 bits per heavy atom. The lowest BCUT2D eigenvalue weighted by Gasteiger charge is -2.40. The zero-order valence-electron chi connectivity index (χ0n) is 10.8. The summed E-state index contributed by atoms with van der Waals surface area (Å²) in [5.74, 6) is 0.703. The molecule has 4 heteroatoms. The van der Waals surface area contributed by atoms with E-state index < -0.39 is 0 Å². The summed E-state index contributed by atoms with van der Waals surface area (Å²) in [5.41, 5.74) is 1.34. The van der Waals surface area contributed by atoms with Crippen molar-refractivity contribution in [3.8, 4) is 0 Å². The normalized spacial score (nSPS) is 25.1. The Morgan fingerprint density at radius 2 is 2.00 bits per heavy atom. The first kappa shape index (κ1) is 12.2. The van der Waals surface area contributed by atoms with Gasteiger partial charge < -0.3 is 14.5 Å². The van der Waals surface area contributed by atoms with Gasteiger partial charge in [-0.15, -0.1) is 0 Å². The molecule has 0 aromatic carbocycles. The molecule has 2 fully saturated rings. The molecule has 0 unspecified atom stereocenters. The highest BCUT2D eigenvalue weighted by atomic mass is 16.5. The van der Waals surface area contributed by atoms with Gasteiger partial charge in [-0.3, -0.25) is 4.90 Å². The summed E-state index contributed by atoms with van der Waals surface area (Å²) < 4.78 is 10.8. The Labute approximate surface area is 108 Å². The van der Waals surface area contributed by atoms with Gasteiger partial charge in [0.1, 0.15) is 0 Å². The molecule has 18 heavy (non-hydrogen) atoms. The molecule has 2 saturated heterocycles. The predicted molar refractivity (Wildman–Crippen MR) is 69.4 cm³/mol. The zero-order valence-corrected chi connectivity index (χ0v) is 10.8. The first-order valence-corrected chi connectivity index (χ1v) is 7.00. The SMILES string of the molecule is c1cc([C@@H](C2CCOCC2)N2CCNCC2)co1. The van der Waals surface area contributed by atoms with Crippen LogP contribution in [0.1, 0.15) is 24.4 Å². The van der Waals surface area contributed by atoms with Crippen molar-refractivity contribution in [2.24, 2.45) is 5.92 Å². The second-order valence-electron chi connectivity index (χ2n) is 5.24. The maximum absolute atomic E-state index is 5.50. The van der Waals surface area contributed by atoms with Crippen LogP contribution in [0.15, 0.2) is 23.0 Å². The number of nitrogens with zero attached hydrogens (tertiary/aromatic N) is 1. The third-order valence-electron chi connectivity index (χ3n) is 4.14. The van der Waals surface area contributed by atoms with Crippen LogP contribution in [0.2, 0.25) is 0 Å². The molecule has 3 rings (SSSR count). The number of piperazine rings is 1. The van der Waals surface area contributed by atoms with E-state index in [2.05, 4.69) is 16.3 Å². The van der Waals surface area contributed by atoms with Crippen LogP contribution in [0, 0.1) is 5.92 Å². The number of hydrogen-bond acceptors (Lipinski definition) is 4. The highest BCUT2D eigenvalue weighted by Gasteiger charge is 2.31. The van der Waals surface area contributed by atoms with Crippen molar-refractivity contribution in [1.82, 2.24) is 10.2 Å². The molecule has 0 spiro atoms. The van der Waals surface area contributed by atoms with Crippen LogP contribution >= 0.6 is 0 Å². The van der Waals surface area contributed by atoms with Gasteiger partial charge >= 0.3 is 0 Å². The van der Waals surface area contributed by atoms with Gasteiger partial charge in [-0.25, -0.2) is 0 Å². The van der Waals surface area contributed by atoms with Crippen molar-refractivity contribution in [3.05, 3.63) is 24.2 Å². The summed E-state index contributed by atoms with van der Waals surface area (Å²) in [7, 11) is 0. The van der Waals surface area contributed by atoms with Crippen LogP contribution in [0.25, 0.3) is 0 Å². The van der Waals surface area contributed by atoms with Gasteiger partial charge in [-0.1, -0.05) is 0 Å². The first-order valence-electron chi connectivity index (χ1n) is 7.00. The van der Waals surface area contributed by atoms with E-state index in [-0.39, 0.29) is 0 Å². The standard InChI is InChI=1S/C14H22N2O2/c1-8-17-9-2-12(1)14(13-3-10-18-11-13)16-6-4-15-5-7-16/h3,10-12,14-15H,1-2,4-9H2/t14-/m1/s1. The molecule has 0 amide bonds. The average Bonchev–Trinajstić information content (AvgIpc) is 2.95. The number of ether oxygens (including phenoxy) is 1. The summed E-state index contributed by atoms with van der Waals surface area (Å²) in [4.78, 5) is 2.61. The predicted octanol–water partition coefficient (Wildman–Crippen LogP) is 1.65. The van der Waals surface area contributed by atoms with Crippen molar-refractivity contribution in [2.45, 2.75) is 18.9 Å². The molecule has 2 aliphatic rings. The monoisotopic (exact) mass is 250 g/mol. The van der Waals surface area contributed by atoms with E-state index in [4.69, 9.17) is 9.15 Å². The topological polar surface area (TPSA) is 37.6 Å². The van der Waals surface area contributed by atoms with Gasteiger partial charge in [0.2, 0.25) is 0 Å².